The summed E-state index contributed by atoms with van der Waals surface area (Å²) in [5.41, 5.74) is 3.20. The lowest BCUT2D eigenvalue weighted by atomic mass is 9.86. The monoisotopic (exact) mass is 310 g/mol. The second-order valence-electron chi connectivity index (χ2n) is 7.48. The van der Waals surface area contributed by atoms with Crippen molar-refractivity contribution in [3.8, 4) is 0 Å². The van der Waals surface area contributed by atoms with Crippen LogP contribution in [0.3, 0.4) is 0 Å². The van der Waals surface area contributed by atoms with Crippen LogP contribution in [0.15, 0.2) is 42.7 Å². The topological polar surface area (TPSA) is 24.3 Å². The van der Waals surface area contributed by atoms with E-state index in [1.54, 1.807) is 0 Å². The molecule has 2 fully saturated rings. The number of aromatic nitrogens is 2. The van der Waals surface area contributed by atoms with Gasteiger partial charge in [0.05, 0.1) is 12.7 Å². The molecule has 0 aliphatic carbocycles. The smallest absolute Gasteiger partial charge is 0.0659 e. The van der Waals surface area contributed by atoms with Gasteiger partial charge in [-0.25, -0.2) is 0 Å². The highest BCUT2D eigenvalue weighted by molar-refractivity contribution is 5.15. The first kappa shape index (κ1) is 14.9. The SMILES string of the molecule is CN1CCC2(CCN(Cc3cnn(Cc4ccccc4)c3)C2)C1. The molecule has 0 bridgehead atoms. The van der Waals surface area contributed by atoms with Gasteiger partial charge in [0, 0.05) is 31.4 Å². The Hall–Kier alpha value is -1.65. The van der Waals surface area contributed by atoms with Crippen molar-refractivity contribution < 1.29 is 0 Å². The van der Waals surface area contributed by atoms with E-state index in [-0.39, 0.29) is 0 Å². The van der Waals surface area contributed by atoms with Gasteiger partial charge in [-0.05, 0) is 44.0 Å². The van der Waals surface area contributed by atoms with E-state index >= 15 is 0 Å². The van der Waals surface area contributed by atoms with E-state index in [0.29, 0.717) is 5.41 Å². The fourth-order valence-corrected chi connectivity index (χ4v) is 4.26. The van der Waals surface area contributed by atoms with Crippen molar-refractivity contribution in [3.63, 3.8) is 0 Å². The zero-order chi connectivity index (χ0) is 15.7. The van der Waals surface area contributed by atoms with Crippen molar-refractivity contribution in [2.45, 2.75) is 25.9 Å². The molecule has 1 aromatic heterocycles. The van der Waals surface area contributed by atoms with E-state index in [9.17, 15) is 0 Å². The minimum Gasteiger partial charge on any atom is -0.306 e. The molecule has 2 aliphatic rings. The molecule has 1 aromatic carbocycles. The number of hydrogen-bond acceptors (Lipinski definition) is 3. The van der Waals surface area contributed by atoms with Crippen LogP contribution in [0, 0.1) is 5.41 Å². The van der Waals surface area contributed by atoms with Gasteiger partial charge in [0.15, 0.2) is 0 Å². The number of hydrogen-bond donors (Lipinski definition) is 0. The van der Waals surface area contributed by atoms with Crippen LogP contribution in [0.25, 0.3) is 0 Å². The minimum atomic E-state index is 0.564. The molecule has 4 nitrogen and oxygen atoms in total. The summed E-state index contributed by atoms with van der Waals surface area (Å²) in [6, 6.07) is 10.5. The maximum absolute atomic E-state index is 4.54. The summed E-state index contributed by atoms with van der Waals surface area (Å²) in [5.74, 6) is 0. The van der Waals surface area contributed by atoms with E-state index in [4.69, 9.17) is 0 Å². The van der Waals surface area contributed by atoms with Gasteiger partial charge in [-0.3, -0.25) is 9.58 Å². The Labute approximate surface area is 138 Å². The third-order valence-electron chi connectivity index (χ3n) is 5.43. The Kier molecular flexibility index (Phi) is 3.95. The van der Waals surface area contributed by atoms with Gasteiger partial charge < -0.3 is 4.90 Å². The van der Waals surface area contributed by atoms with Crippen LogP contribution in [0.4, 0.5) is 0 Å². The molecule has 2 saturated heterocycles. The van der Waals surface area contributed by atoms with Crippen molar-refractivity contribution in [3.05, 3.63) is 53.9 Å². The van der Waals surface area contributed by atoms with Crippen LogP contribution in [-0.2, 0) is 13.1 Å². The molecule has 4 heteroatoms. The quantitative estimate of drug-likeness (QED) is 0.867. The summed E-state index contributed by atoms with van der Waals surface area (Å²) < 4.78 is 2.06. The second kappa shape index (κ2) is 6.10. The zero-order valence-corrected chi connectivity index (χ0v) is 14.0. The van der Waals surface area contributed by atoms with Crippen molar-refractivity contribution >= 4 is 0 Å². The van der Waals surface area contributed by atoms with Gasteiger partial charge in [-0.15, -0.1) is 0 Å². The predicted molar refractivity (Wildman–Crippen MR) is 92.2 cm³/mol. The van der Waals surface area contributed by atoms with Crippen molar-refractivity contribution in [2.24, 2.45) is 5.41 Å². The summed E-state index contributed by atoms with van der Waals surface area (Å²) in [6.45, 7) is 6.92. The van der Waals surface area contributed by atoms with Crippen LogP contribution in [0.2, 0.25) is 0 Å². The molecule has 0 saturated carbocycles. The molecule has 0 amide bonds. The second-order valence-corrected chi connectivity index (χ2v) is 7.48. The molecule has 3 heterocycles. The average Bonchev–Trinajstić information content (AvgIpc) is 3.24. The predicted octanol–water partition coefficient (Wildman–Crippen LogP) is 2.46. The molecule has 2 aromatic rings. The summed E-state index contributed by atoms with van der Waals surface area (Å²) >= 11 is 0. The first-order valence-corrected chi connectivity index (χ1v) is 8.67. The first-order chi connectivity index (χ1) is 11.2. The van der Waals surface area contributed by atoms with Crippen molar-refractivity contribution in [2.75, 3.05) is 33.2 Å². The van der Waals surface area contributed by atoms with Crippen molar-refractivity contribution in [1.82, 2.24) is 19.6 Å². The molecular weight excluding hydrogens is 284 g/mol. The Morgan fingerprint density at radius 2 is 1.83 bits per heavy atom. The van der Waals surface area contributed by atoms with Gasteiger partial charge >= 0.3 is 0 Å². The van der Waals surface area contributed by atoms with Crippen molar-refractivity contribution in [1.29, 1.82) is 0 Å². The highest BCUT2D eigenvalue weighted by Crippen LogP contribution is 2.39. The van der Waals surface area contributed by atoms with E-state index < -0.39 is 0 Å². The van der Waals surface area contributed by atoms with E-state index in [0.717, 1.165) is 13.1 Å². The number of rotatable bonds is 4. The van der Waals surface area contributed by atoms with E-state index in [1.807, 2.05) is 6.20 Å². The highest BCUT2D eigenvalue weighted by atomic mass is 15.3. The summed E-state index contributed by atoms with van der Waals surface area (Å²) in [4.78, 5) is 5.10. The normalized spacial score (nSPS) is 25.6. The lowest BCUT2D eigenvalue weighted by Gasteiger charge is -2.23. The molecule has 0 N–H and O–H groups in total. The van der Waals surface area contributed by atoms with Crippen LogP contribution in [-0.4, -0.2) is 52.8 Å². The third-order valence-corrected chi connectivity index (χ3v) is 5.43. The molecule has 1 unspecified atom stereocenters. The highest BCUT2D eigenvalue weighted by Gasteiger charge is 2.42. The average molecular weight is 310 g/mol. The Morgan fingerprint density at radius 3 is 2.61 bits per heavy atom. The fraction of sp³-hybridized carbons (Fsp3) is 0.526. The lowest BCUT2D eigenvalue weighted by Crippen LogP contribution is -2.29. The molecule has 23 heavy (non-hydrogen) atoms. The zero-order valence-electron chi connectivity index (χ0n) is 14.0. The number of nitrogens with zero attached hydrogens (tertiary/aromatic N) is 4. The van der Waals surface area contributed by atoms with E-state index in [2.05, 4.69) is 63.2 Å². The Bertz CT molecular complexity index is 650. The summed E-state index contributed by atoms with van der Waals surface area (Å²) in [6.07, 6.45) is 6.97. The van der Waals surface area contributed by atoms with Gasteiger partial charge in [-0.2, -0.15) is 5.10 Å². The standard InChI is InChI=1S/C19H26N4/c1-21-9-7-19(15-21)8-10-22(16-19)12-18-11-20-23(14-18)13-17-5-3-2-4-6-17/h2-6,11,14H,7-10,12-13,15-16H2,1H3. The third kappa shape index (κ3) is 3.33. The number of likely N-dealkylation sites (tertiary alicyclic amines) is 2. The molecule has 1 atom stereocenters. The van der Waals surface area contributed by atoms with Crippen LogP contribution >= 0.6 is 0 Å². The Balaban J connectivity index is 1.35. The van der Waals surface area contributed by atoms with Crippen LogP contribution < -0.4 is 0 Å². The number of benzene rings is 1. The maximum Gasteiger partial charge on any atom is 0.0659 e. The maximum atomic E-state index is 4.54. The van der Waals surface area contributed by atoms with Gasteiger partial charge in [-0.1, -0.05) is 30.3 Å². The molecule has 1 spiro atoms. The van der Waals surface area contributed by atoms with Gasteiger partial charge in [0.1, 0.15) is 0 Å². The van der Waals surface area contributed by atoms with Gasteiger partial charge in [0.2, 0.25) is 0 Å². The van der Waals surface area contributed by atoms with E-state index in [1.165, 1.54) is 50.1 Å². The summed E-state index contributed by atoms with van der Waals surface area (Å²) in [5, 5.41) is 4.54. The molecule has 0 radical (unpaired) electrons. The lowest BCUT2D eigenvalue weighted by molar-refractivity contribution is 0.250. The Morgan fingerprint density at radius 1 is 1.00 bits per heavy atom. The fourth-order valence-electron chi connectivity index (χ4n) is 4.26. The molecule has 2 aliphatic heterocycles. The molecular formula is C19H26N4. The van der Waals surface area contributed by atoms with Crippen LogP contribution in [0.5, 0.6) is 0 Å². The van der Waals surface area contributed by atoms with Gasteiger partial charge in [0.25, 0.3) is 0 Å². The van der Waals surface area contributed by atoms with Crippen LogP contribution in [0.1, 0.15) is 24.0 Å². The molecule has 4 rings (SSSR count). The largest absolute Gasteiger partial charge is 0.306 e. The molecule has 122 valence electrons. The summed E-state index contributed by atoms with van der Waals surface area (Å²) in [7, 11) is 2.25. The minimum absolute atomic E-state index is 0.564. The first-order valence-electron chi connectivity index (χ1n) is 8.67.